The fraction of sp³-hybridized carbons (Fsp3) is 0.400. The van der Waals surface area contributed by atoms with Crippen LogP contribution >= 0.6 is 0 Å². The number of fused-ring (bicyclic) bond motifs is 1. The van der Waals surface area contributed by atoms with E-state index < -0.39 is 0 Å². The van der Waals surface area contributed by atoms with Crippen molar-refractivity contribution in [3.63, 3.8) is 0 Å². The zero-order valence-electron chi connectivity index (χ0n) is 10.7. The van der Waals surface area contributed by atoms with Crippen LogP contribution in [0.5, 0.6) is 0 Å². The second-order valence-corrected chi connectivity index (χ2v) is 4.58. The standard InChI is InChI=1S/C15H18O2/c1-4-5-6-13(16)15-11(3)12-8-7-10(2)9-14(12)17-15/h7-9H,4-6H2,1-3H3. The number of hydrogen-bond acceptors (Lipinski definition) is 2. The minimum Gasteiger partial charge on any atom is -0.453 e. The molecule has 0 fully saturated rings. The number of benzene rings is 1. The van der Waals surface area contributed by atoms with E-state index in [1.807, 2.05) is 32.0 Å². The van der Waals surface area contributed by atoms with E-state index in [1.165, 1.54) is 0 Å². The predicted octanol–water partition coefficient (Wildman–Crippen LogP) is 4.42. The van der Waals surface area contributed by atoms with Crippen LogP contribution in [0, 0.1) is 13.8 Å². The van der Waals surface area contributed by atoms with Crippen LogP contribution in [0.25, 0.3) is 11.0 Å². The average molecular weight is 230 g/mol. The predicted molar refractivity (Wildman–Crippen MR) is 69.5 cm³/mol. The molecular formula is C15H18O2. The second-order valence-electron chi connectivity index (χ2n) is 4.58. The van der Waals surface area contributed by atoms with Gasteiger partial charge in [0.2, 0.25) is 0 Å². The van der Waals surface area contributed by atoms with E-state index in [0.29, 0.717) is 12.2 Å². The van der Waals surface area contributed by atoms with Gasteiger partial charge in [0.25, 0.3) is 0 Å². The number of furan rings is 1. The molecule has 0 amide bonds. The monoisotopic (exact) mass is 230 g/mol. The summed E-state index contributed by atoms with van der Waals surface area (Å²) in [5.74, 6) is 0.664. The molecule has 0 unspecified atom stereocenters. The van der Waals surface area contributed by atoms with Crippen molar-refractivity contribution in [3.05, 3.63) is 35.1 Å². The average Bonchev–Trinajstić information content (AvgIpc) is 2.63. The number of aryl methyl sites for hydroxylation is 2. The highest BCUT2D eigenvalue weighted by molar-refractivity contribution is 6.00. The van der Waals surface area contributed by atoms with Crippen LogP contribution in [0.1, 0.15) is 47.9 Å². The van der Waals surface area contributed by atoms with Gasteiger partial charge in [-0.1, -0.05) is 25.5 Å². The third kappa shape index (κ3) is 2.26. The number of rotatable bonds is 4. The molecule has 0 aliphatic carbocycles. The van der Waals surface area contributed by atoms with E-state index >= 15 is 0 Å². The molecule has 0 saturated carbocycles. The first-order valence-corrected chi connectivity index (χ1v) is 6.16. The first kappa shape index (κ1) is 11.9. The minimum atomic E-state index is 0.123. The minimum absolute atomic E-state index is 0.123. The quantitative estimate of drug-likeness (QED) is 0.728. The lowest BCUT2D eigenvalue weighted by atomic mass is 10.1. The molecule has 0 aliphatic rings. The maximum absolute atomic E-state index is 12.0. The Labute approximate surface area is 102 Å². The Kier molecular flexibility index (Phi) is 3.32. The van der Waals surface area contributed by atoms with Crippen molar-refractivity contribution in [2.75, 3.05) is 0 Å². The lowest BCUT2D eigenvalue weighted by Gasteiger charge is -1.96. The summed E-state index contributed by atoms with van der Waals surface area (Å²) in [6.45, 7) is 6.07. The third-order valence-electron chi connectivity index (χ3n) is 3.10. The lowest BCUT2D eigenvalue weighted by molar-refractivity contribution is 0.0954. The second kappa shape index (κ2) is 4.74. The molecule has 0 saturated heterocycles. The smallest absolute Gasteiger partial charge is 0.198 e. The molecule has 2 rings (SSSR count). The van der Waals surface area contributed by atoms with Gasteiger partial charge in [0, 0.05) is 17.4 Å². The van der Waals surface area contributed by atoms with E-state index in [-0.39, 0.29) is 5.78 Å². The van der Waals surface area contributed by atoms with Gasteiger partial charge in [-0.2, -0.15) is 0 Å². The summed E-state index contributed by atoms with van der Waals surface area (Å²) in [4.78, 5) is 12.0. The molecule has 1 heterocycles. The highest BCUT2D eigenvalue weighted by Crippen LogP contribution is 2.27. The Bertz CT molecular complexity index is 549. The third-order valence-corrected chi connectivity index (χ3v) is 3.10. The molecule has 2 heteroatoms. The summed E-state index contributed by atoms with van der Waals surface area (Å²) in [6.07, 6.45) is 2.54. The van der Waals surface area contributed by atoms with Crippen molar-refractivity contribution >= 4 is 16.8 Å². The van der Waals surface area contributed by atoms with Crippen LogP contribution in [0.4, 0.5) is 0 Å². The molecule has 1 aromatic carbocycles. The van der Waals surface area contributed by atoms with Crippen molar-refractivity contribution in [1.29, 1.82) is 0 Å². The summed E-state index contributed by atoms with van der Waals surface area (Å²) in [5.41, 5.74) is 2.95. The van der Waals surface area contributed by atoms with Gasteiger partial charge in [-0.05, 0) is 31.9 Å². The maximum atomic E-state index is 12.0. The van der Waals surface area contributed by atoms with Crippen LogP contribution in [0.3, 0.4) is 0 Å². The van der Waals surface area contributed by atoms with Crippen molar-refractivity contribution in [2.24, 2.45) is 0 Å². The SMILES string of the molecule is CCCCC(=O)c1oc2cc(C)ccc2c1C. The molecule has 0 N–H and O–H groups in total. The molecule has 17 heavy (non-hydrogen) atoms. The highest BCUT2D eigenvalue weighted by atomic mass is 16.3. The highest BCUT2D eigenvalue weighted by Gasteiger charge is 2.16. The fourth-order valence-corrected chi connectivity index (χ4v) is 2.05. The van der Waals surface area contributed by atoms with E-state index in [1.54, 1.807) is 0 Å². The molecule has 2 aromatic rings. The molecule has 0 atom stereocenters. The van der Waals surface area contributed by atoms with Gasteiger partial charge in [-0.3, -0.25) is 4.79 Å². The number of Topliss-reactive ketones (excluding diaryl/α,β-unsaturated/α-hetero) is 1. The molecule has 0 aliphatic heterocycles. The van der Waals surface area contributed by atoms with Crippen LogP contribution in [0.2, 0.25) is 0 Å². The van der Waals surface area contributed by atoms with Gasteiger partial charge < -0.3 is 4.42 Å². The van der Waals surface area contributed by atoms with E-state index in [9.17, 15) is 4.79 Å². The zero-order valence-corrected chi connectivity index (χ0v) is 10.7. The van der Waals surface area contributed by atoms with Crippen LogP contribution in [0.15, 0.2) is 22.6 Å². The van der Waals surface area contributed by atoms with Crippen molar-refractivity contribution in [3.8, 4) is 0 Å². The first-order chi connectivity index (χ1) is 8.13. The van der Waals surface area contributed by atoms with E-state index in [4.69, 9.17) is 4.42 Å². The molecule has 0 bridgehead atoms. The van der Waals surface area contributed by atoms with Gasteiger partial charge in [0.05, 0.1) is 0 Å². The molecule has 2 nitrogen and oxygen atoms in total. The topological polar surface area (TPSA) is 30.2 Å². The van der Waals surface area contributed by atoms with Crippen molar-refractivity contribution in [2.45, 2.75) is 40.0 Å². The first-order valence-electron chi connectivity index (χ1n) is 6.16. The summed E-state index contributed by atoms with van der Waals surface area (Å²) in [5, 5.41) is 1.05. The zero-order chi connectivity index (χ0) is 12.4. The normalized spacial score (nSPS) is 11.0. The number of unbranched alkanes of at least 4 members (excludes halogenated alkanes) is 1. The van der Waals surface area contributed by atoms with Gasteiger partial charge in [0.15, 0.2) is 11.5 Å². The summed E-state index contributed by atoms with van der Waals surface area (Å²) in [7, 11) is 0. The molecule has 0 spiro atoms. The number of carbonyl (C=O) groups is 1. The number of hydrogen-bond donors (Lipinski definition) is 0. The Balaban J connectivity index is 2.41. The van der Waals surface area contributed by atoms with E-state index in [2.05, 4.69) is 6.92 Å². The van der Waals surface area contributed by atoms with Crippen LogP contribution in [-0.4, -0.2) is 5.78 Å². The summed E-state index contributed by atoms with van der Waals surface area (Å²) in [6, 6.07) is 6.06. The Morgan fingerprint density at radius 1 is 1.29 bits per heavy atom. The largest absolute Gasteiger partial charge is 0.453 e. The summed E-state index contributed by atoms with van der Waals surface area (Å²) >= 11 is 0. The summed E-state index contributed by atoms with van der Waals surface area (Å²) < 4.78 is 5.69. The van der Waals surface area contributed by atoms with Gasteiger partial charge >= 0.3 is 0 Å². The number of ketones is 1. The Morgan fingerprint density at radius 3 is 2.76 bits per heavy atom. The molecule has 0 radical (unpaired) electrons. The maximum Gasteiger partial charge on any atom is 0.198 e. The van der Waals surface area contributed by atoms with Crippen molar-refractivity contribution < 1.29 is 9.21 Å². The fourth-order valence-electron chi connectivity index (χ4n) is 2.05. The molecule has 90 valence electrons. The lowest BCUT2D eigenvalue weighted by Crippen LogP contribution is -1.98. The Morgan fingerprint density at radius 2 is 2.06 bits per heavy atom. The van der Waals surface area contributed by atoms with Crippen LogP contribution in [-0.2, 0) is 0 Å². The van der Waals surface area contributed by atoms with Gasteiger partial charge in [-0.25, -0.2) is 0 Å². The molecule has 1 aromatic heterocycles. The number of carbonyl (C=O) groups excluding carboxylic acids is 1. The van der Waals surface area contributed by atoms with Gasteiger partial charge in [0.1, 0.15) is 5.58 Å². The van der Waals surface area contributed by atoms with Gasteiger partial charge in [-0.15, -0.1) is 0 Å². The Hall–Kier alpha value is -1.57. The molecular weight excluding hydrogens is 212 g/mol. The van der Waals surface area contributed by atoms with Crippen molar-refractivity contribution in [1.82, 2.24) is 0 Å². The van der Waals surface area contributed by atoms with Crippen LogP contribution < -0.4 is 0 Å². The van der Waals surface area contributed by atoms with E-state index in [0.717, 1.165) is 34.9 Å².